The number of Topliss-reactive ketones (excluding diaryl/α,β-unsaturated/α-hetero) is 1. The molecule has 0 aliphatic rings. The van der Waals surface area contributed by atoms with Crippen LogP contribution in [0.1, 0.15) is 33.6 Å². The summed E-state index contributed by atoms with van der Waals surface area (Å²) in [6.45, 7) is 5.83. The molecule has 2 N–H and O–H groups in total. The monoisotopic (exact) mass is 306 g/mol. The Labute approximate surface area is 125 Å². The molecule has 0 spiro atoms. The summed E-state index contributed by atoms with van der Waals surface area (Å²) in [5.74, 6) is -2.10. The second-order valence-corrected chi connectivity index (χ2v) is 4.83. The van der Waals surface area contributed by atoms with Crippen LogP contribution >= 0.6 is 0 Å². The third kappa shape index (κ3) is 8.11. The summed E-state index contributed by atoms with van der Waals surface area (Å²) < 4.78 is 15.2. The Balaban J connectivity index is 3.73. The van der Waals surface area contributed by atoms with Crippen molar-refractivity contribution in [2.75, 3.05) is 33.0 Å². The number of esters is 1. The van der Waals surface area contributed by atoms with E-state index >= 15 is 0 Å². The van der Waals surface area contributed by atoms with Crippen LogP contribution in [-0.4, -0.2) is 66.7 Å². The first kappa shape index (κ1) is 20.0. The largest absolute Gasteiger partial charge is 0.461 e. The van der Waals surface area contributed by atoms with Crippen LogP contribution in [0.3, 0.4) is 0 Å². The van der Waals surface area contributed by atoms with Gasteiger partial charge in [-0.15, -0.1) is 0 Å². The van der Waals surface area contributed by atoms with Crippen LogP contribution in [0.5, 0.6) is 0 Å². The maximum atomic E-state index is 11.5. The summed E-state index contributed by atoms with van der Waals surface area (Å²) in [7, 11) is 0. The van der Waals surface area contributed by atoms with E-state index in [1.165, 1.54) is 6.92 Å². The number of hydrogen-bond acceptors (Lipinski definition) is 7. The second-order valence-electron chi connectivity index (χ2n) is 4.83. The van der Waals surface area contributed by atoms with E-state index in [1.54, 1.807) is 0 Å². The van der Waals surface area contributed by atoms with Crippen LogP contribution in [0, 0.1) is 0 Å². The lowest BCUT2D eigenvalue weighted by molar-refractivity contribution is -0.172. The molecule has 0 fully saturated rings. The van der Waals surface area contributed by atoms with Crippen molar-refractivity contribution in [1.29, 1.82) is 0 Å². The zero-order chi connectivity index (χ0) is 16.3. The van der Waals surface area contributed by atoms with E-state index in [9.17, 15) is 14.7 Å². The first-order chi connectivity index (χ1) is 9.84. The Kier molecular flexibility index (Phi) is 10.2. The van der Waals surface area contributed by atoms with Gasteiger partial charge in [-0.05, 0) is 20.3 Å². The van der Waals surface area contributed by atoms with Crippen LogP contribution in [0.4, 0.5) is 0 Å². The van der Waals surface area contributed by atoms with Crippen molar-refractivity contribution in [2.45, 2.75) is 45.3 Å². The number of carbonyl (C=O) groups excluding carboxylic acids is 2. The van der Waals surface area contributed by atoms with Gasteiger partial charge in [0.15, 0.2) is 0 Å². The minimum atomic E-state index is -2.35. The van der Waals surface area contributed by atoms with E-state index in [2.05, 4.69) is 6.92 Å². The summed E-state index contributed by atoms with van der Waals surface area (Å²) in [4.78, 5) is 23.0. The van der Waals surface area contributed by atoms with E-state index < -0.39 is 23.5 Å². The fourth-order valence-electron chi connectivity index (χ4n) is 1.41. The summed E-state index contributed by atoms with van der Waals surface area (Å²) in [5, 5.41) is 18.8. The molecule has 0 heterocycles. The summed E-state index contributed by atoms with van der Waals surface area (Å²) in [6, 6.07) is 0. The van der Waals surface area contributed by atoms with Crippen LogP contribution in [0.25, 0.3) is 0 Å². The number of rotatable bonds is 12. The molecule has 7 heteroatoms. The van der Waals surface area contributed by atoms with Gasteiger partial charge in [0.1, 0.15) is 12.7 Å². The van der Waals surface area contributed by atoms with Crippen molar-refractivity contribution in [3.05, 3.63) is 0 Å². The molecule has 0 aromatic rings. The second kappa shape index (κ2) is 10.7. The Hall–Kier alpha value is -1.02. The minimum Gasteiger partial charge on any atom is -0.461 e. The van der Waals surface area contributed by atoms with E-state index in [1.807, 2.05) is 0 Å². The molecule has 124 valence electrons. The van der Waals surface area contributed by atoms with E-state index in [4.69, 9.17) is 19.3 Å². The quantitative estimate of drug-likeness (QED) is 0.299. The van der Waals surface area contributed by atoms with E-state index in [0.717, 1.165) is 19.8 Å². The number of ether oxygens (including phenoxy) is 3. The minimum absolute atomic E-state index is 0.0863. The molecule has 0 amide bonds. The van der Waals surface area contributed by atoms with Crippen molar-refractivity contribution in [3.63, 3.8) is 0 Å². The molecule has 2 atom stereocenters. The van der Waals surface area contributed by atoms with Crippen LogP contribution in [0.2, 0.25) is 0 Å². The highest BCUT2D eigenvalue weighted by Gasteiger charge is 2.42. The SMILES string of the molecule is CCCCOCCOCCOC(=O)C(C)(O)C(=O)C(C)O. The maximum Gasteiger partial charge on any atom is 0.345 e. The fourth-order valence-corrected chi connectivity index (χ4v) is 1.41. The normalized spacial score (nSPS) is 15.3. The zero-order valence-corrected chi connectivity index (χ0v) is 13.0. The first-order valence-corrected chi connectivity index (χ1v) is 7.11. The van der Waals surface area contributed by atoms with Gasteiger partial charge in [0.25, 0.3) is 0 Å². The Morgan fingerprint density at radius 1 is 1.10 bits per heavy atom. The Morgan fingerprint density at radius 3 is 2.14 bits per heavy atom. The third-order valence-corrected chi connectivity index (χ3v) is 2.73. The predicted molar refractivity (Wildman–Crippen MR) is 74.8 cm³/mol. The topological polar surface area (TPSA) is 102 Å². The smallest absolute Gasteiger partial charge is 0.345 e. The van der Waals surface area contributed by atoms with Crippen molar-refractivity contribution < 1.29 is 34.0 Å². The highest BCUT2D eigenvalue weighted by Crippen LogP contribution is 2.10. The highest BCUT2D eigenvalue weighted by molar-refractivity contribution is 6.08. The lowest BCUT2D eigenvalue weighted by atomic mass is 9.98. The molecule has 0 bridgehead atoms. The van der Waals surface area contributed by atoms with Crippen molar-refractivity contribution >= 4 is 11.8 Å². The van der Waals surface area contributed by atoms with Gasteiger partial charge in [0, 0.05) is 6.61 Å². The average Bonchev–Trinajstić information content (AvgIpc) is 2.44. The van der Waals surface area contributed by atoms with Gasteiger partial charge in [0.05, 0.1) is 19.8 Å². The zero-order valence-electron chi connectivity index (χ0n) is 13.0. The molecule has 0 saturated heterocycles. The van der Waals surface area contributed by atoms with Gasteiger partial charge < -0.3 is 24.4 Å². The van der Waals surface area contributed by atoms with Crippen molar-refractivity contribution in [1.82, 2.24) is 0 Å². The van der Waals surface area contributed by atoms with Crippen molar-refractivity contribution in [2.24, 2.45) is 0 Å². The van der Waals surface area contributed by atoms with Gasteiger partial charge in [-0.1, -0.05) is 13.3 Å². The molecular weight excluding hydrogens is 280 g/mol. The van der Waals surface area contributed by atoms with Crippen LogP contribution in [-0.2, 0) is 23.8 Å². The Morgan fingerprint density at radius 2 is 1.62 bits per heavy atom. The van der Waals surface area contributed by atoms with Crippen molar-refractivity contribution in [3.8, 4) is 0 Å². The summed E-state index contributed by atoms with van der Waals surface area (Å²) in [5.41, 5.74) is -2.35. The lowest BCUT2D eigenvalue weighted by Crippen LogP contribution is -2.49. The Bertz CT molecular complexity index is 312. The summed E-state index contributed by atoms with van der Waals surface area (Å²) >= 11 is 0. The molecule has 0 rings (SSSR count). The predicted octanol–water partition coefficient (Wildman–Crippen LogP) is 0.0638. The highest BCUT2D eigenvalue weighted by atomic mass is 16.6. The molecule has 0 aromatic heterocycles. The number of aliphatic hydroxyl groups excluding tert-OH is 1. The molecule has 0 radical (unpaired) electrons. The van der Waals surface area contributed by atoms with E-state index in [-0.39, 0.29) is 13.2 Å². The first-order valence-electron chi connectivity index (χ1n) is 7.11. The molecule has 0 aromatic carbocycles. The molecule has 21 heavy (non-hydrogen) atoms. The van der Waals surface area contributed by atoms with Gasteiger partial charge in [-0.2, -0.15) is 0 Å². The van der Waals surface area contributed by atoms with Gasteiger partial charge in [0.2, 0.25) is 11.4 Å². The summed E-state index contributed by atoms with van der Waals surface area (Å²) in [6.07, 6.45) is 0.635. The standard InChI is InChI=1S/C14H26O7/c1-4-5-6-19-7-8-20-9-10-21-13(17)14(3,18)12(16)11(2)15/h11,15,18H,4-10H2,1-3H3. The molecular formula is C14H26O7. The number of hydrogen-bond donors (Lipinski definition) is 2. The fraction of sp³-hybridized carbons (Fsp3) is 0.857. The van der Waals surface area contributed by atoms with E-state index in [0.29, 0.717) is 19.8 Å². The number of carbonyl (C=O) groups is 2. The molecule has 0 saturated carbocycles. The molecule has 0 aliphatic carbocycles. The molecule has 0 aliphatic heterocycles. The lowest BCUT2D eigenvalue weighted by Gasteiger charge is -2.21. The van der Waals surface area contributed by atoms with Crippen LogP contribution < -0.4 is 0 Å². The maximum absolute atomic E-state index is 11.5. The number of aliphatic hydroxyl groups is 2. The third-order valence-electron chi connectivity index (χ3n) is 2.73. The molecule has 7 nitrogen and oxygen atoms in total. The van der Waals surface area contributed by atoms with Crippen LogP contribution in [0.15, 0.2) is 0 Å². The molecule has 2 unspecified atom stereocenters. The van der Waals surface area contributed by atoms with Gasteiger partial charge in [-0.25, -0.2) is 4.79 Å². The number of unbranched alkanes of at least 4 members (excludes halogenated alkanes) is 1. The number of ketones is 1. The van der Waals surface area contributed by atoms with Gasteiger partial charge in [-0.3, -0.25) is 4.79 Å². The average molecular weight is 306 g/mol. The van der Waals surface area contributed by atoms with Gasteiger partial charge >= 0.3 is 5.97 Å².